The third-order valence-corrected chi connectivity index (χ3v) is 3.16. The molecule has 0 aromatic heterocycles. The molecule has 114 valence electrons. The van der Waals surface area contributed by atoms with E-state index in [1.807, 2.05) is 0 Å². The van der Waals surface area contributed by atoms with Crippen molar-refractivity contribution in [2.24, 2.45) is 0 Å². The van der Waals surface area contributed by atoms with Gasteiger partial charge in [0.05, 0.1) is 14.2 Å². The maximum atomic E-state index is 11.9. The van der Waals surface area contributed by atoms with Crippen molar-refractivity contribution in [1.82, 2.24) is 5.32 Å². The van der Waals surface area contributed by atoms with Gasteiger partial charge in [-0.15, -0.1) is 0 Å². The molecule has 1 aromatic carbocycles. The van der Waals surface area contributed by atoms with Crippen molar-refractivity contribution >= 4 is 11.9 Å². The molecule has 0 fully saturated rings. The van der Waals surface area contributed by atoms with Gasteiger partial charge in [-0.2, -0.15) is 0 Å². The van der Waals surface area contributed by atoms with E-state index in [4.69, 9.17) is 14.6 Å². The normalized spacial score (nSPS) is 11.4. The summed E-state index contributed by atoms with van der Waals surface area (Å²) in [5, 5.41) is 11.5. The molecule has 1 amide bonds. The highest BCUT2D eigenvalue weighted by Gasteiger charge is 2.13. The summed E-state index contributed by atoms with van der Waals surface area (Å²) in [6.45, 7) is 3.10. The number of carboxylic acids is 1. The first kappa shape index (κ1) is 16.6. The van der Waals surface area contributed by atoms with Crippen LogP contribution < -0.4 is 14.8 Å². The Bertz CT molecular complexity index is 577. The quantitative estimate of drug-likeness (QED) is 0.780. The lowest BCUT2D eigenvalue weighted by atomic mass is 10.1. The molecular weight excluding hydrogens is 274 g/mol. The predicted molar refractivity (Wildman–Crippen MR) is 77.4 cm³/mol. The number of carbonyl (C=O) groups is 2. The molecule has 0 aliphatic rings. The first-order chi connectivity index (χ1) is 9.90. The Balaban J connectivity index is 2.82. The molecule has 0 atom stereocenters. The number of methoxy groups -OCH3 is 2. The second-order valence-corrected chi connectivity index (χ2v) is 4.42. The van der Waals surface area contributed by atoms with E-state index in [-0.39, 0.29) is 17.7 Å². The van der Waals surface area contributed by atoms with Crippen molar-refractivity contribution in [3.8, 4) is 11.5 Å². The van der Waals surface area contributed by atoms with Crippen LogP contribution in [0, 0.1) is 0 Å². The van der Waals surface area contributed by atoms with Gasteiger partial charge in [0.1, 0.15) is 11.5 Å². The topological polar surface area (TPSA) is 84.9 Å². The predicted octanol–water partition coefficient (Wildman–Crippen LogP) is 1.74. The molecule has 6 nitrogen and oxygen atoms in total. The van der Waals surface area contributed by atoms with Crippen molar-refractivity contribution in [3.63, 3.8) is 0 Å². The van der Waals surface area contributed by atoms with Gasteiger partial charge in [-0.3, -0.25) is 4.79 Å². The SMILES string of the molecule is COc1ccc(CNC(=O)C(C)=C(C)C(=O)O)c(OC)c1. The lowest BCUT2D eigenvalue weighted by Gasteiger charge is -2.12. The molecule has 0 aliphatic carbocycles. The highest BCUT2D eigenvalue weighted by atomic mass is 16.5. The largest absolute Gasteiger partial charge is 0.497 e. The monoisotopic (exact) mass is 293 g/mol. The number of rotatable bonds is 6. The summed E-state index contributed by atoms with van der Waals surface area (Å²) in [6.07, 6.45) is 0. The molecule has 0 spiro atoms. The number of aliphatic carboxylic acids is 1. The summed E-state index contributed by atoms with van der Waals surface area (Å²) in [4.78, 5) is 22.7. The molecule has 6 heteroatoms. The van der Waals surface area contributed by atoms with Crippen molar-refractivity contribution in [2.45, 2.75) is 20.4 Å². The molecule has 1 aromatic rings. The Kier molecular flexibility index (Phi) is 5.78. The Hall–Kier alpha value is -2.50. The fourth-order valence-electron chi connectivity index (χ4n) is 1.64. The third kappa shape index (κ3) is 4.24. The summed E-state index contributed by atoms with van der Waals surface area (Å²) < 4.78 is 10.3. The average molecular weight is 293 g/mol. The molecule has 2 N–H and O–H groups in total. The van der Waals surface area contributed by atoms with Gasteiger partial charge in [-0.1, -0.05) is 0 Å². The summed E-state index contributed by atoms with van der Waals surface area (Å²) in [7, 11) is 3.08. The minimum absolute atomic E-state index is 0.0224. The van der Waals surface area contributed by atoms with Crippen LogP contribution in [0.1, 0.15) is 19.4 Å². The first-order valence-corrected chi connectivity index (χ1v) is 6.30. The third-order valence-electron chi connectivity index (χ3n) is 3.16. The van der Waals surface area contributed by atoms with Gasteiger partial charge in [0.15, 0.2) is 0 Å². The number of carboxylic acid groups (broad SMARTS) is 1. The van der Waals surface area contributed by atoms with E-state index in [9.17, 15) is 9.59 Å². The number of hydrogen-bond acceptors (Lipinski definition) is 4. The van der Waals surface area contributed by atoms with E-state index in [1.165, 1.54) is 21.0 Å². The van der Waals surface area contributed by atoms with Crippen molar-refractivity contribution < 1.29 is 24.2 Å². The summed E-state index contributed by atoms with van der Waals surface area (Å²) in [6, 6.07) is 5.25. The molecule has 1 rings (SSSR count). The van der Waals surface area contributed by atoms with Gasteiger partial charge in [0.25, 0.3) is 0 Å². The Morgan fingerprint density at radius 1 is 1.14 bits per heavy atom. The zero-order valence-electron chi connectivity index (χ0n) is 12.5. The lowest BCUT2D eigenvalue weighted by molar-refractivity contribution is -0.133. The van der Waals surface area contributed by atoms with Crippen LogP contribution in [0.5, 0.6) is 11.5 Å². The van der Waals surface area contributed by atoms with E-state index in [2.05, 4.69) is 5.32 Å². The minimum Gasteiger partial charge on any atom is -0.497 e. The van der Waals surface area contributed by atoms with E-state index in [1.54, 1.807) is 25.3 Å². The van der Waals surface area contributed by atoms with Crippen LogP contribution in [0.25, 0.3) is 0 Å². The molecule has 0 radical (unpaired) electrons. The van der Waals surface area contributed by atoms with Crippen molar-refractivity contribution in [1.29, 1.82) is 0 Å². The van der Waals surface area contributed by atoms with E-state index in [0.29, 0.717) is 11.5 Å². The van der Waals surface area contributed by atoms with E-state index in [0.717, 1.165) is 5.56 Å². The summed E-state index contributed by atoms with van der Waals surface area (Å²) in [5.74, 6) is -0.289. The lowest BCUT2D eigenvalue weighted by Crippen LogP contribution is -2.25. The van der Waals surface area contributed by atoms with Crippen LogP contribution in [0.3, 0.4) is 0 Å². The van der Waals surface area contributed by atoms with Gasteiger partial charge < -0.3 is 19.9 Å². The zero-order valence-corrected chi connectivity index (χ0v) is 12.5. The maximum Gasteiger partial charge on any atom is 0.331 e. The van der Waals surface area contributed by atoms with Gasteiger partial charge >= 0.3 is 5.97 Å². The van der Waals surface area contributed by atoms with E-state index >= 15 is 0 Å². The number of amides is 1. The second-order valence-electron chi connectivity index (χ2n) is 4.42. The zero-order chi connectivity index (χ0) is 16.0. The second kappa shape index (κ2) is 7.33. The average Bonchev–Trinajstić information content (AvgIpc) is 2.50. The highest BCUT2D eigenvalue weighted by Crippen LogP contribution is 2.24. The van der Waals surface area contributed by atoms with Crippen molar-refractivity contribution in [3.05, 3.63) is 34.9 Å². The molecular formula is C15H19NO5. The Morgan fingerprint density at radius 3 is 2.33 bits per heavy atom. The van der Waals surface area contributed by atoms with Crippen LogP contribution in [-0.4, -0.2) is 31.2 Å². The fraction of sp³-hybridized carbons (Fsp3) is 0.333. The molecule has 0 saturated carbocycles. The maximum absolute atomic E-state index is 11.9. The number of carbonyl (C=O) groups excluding carboxylic acids is 1. The molecule has 0 bridgehead atoms. The van der Waals surface area contributed by atoms with Crippen LogP contribution in [0.15, 0.2) is 29.3 Å². The first-order valence-electron chi connectivity index (χ1n) is 6.30. The Morgan fingerprint density at radius 2 is 1.81 bits per heavy atom. The standard InChI is InChI=1S/C15H19NO5/c1-9(10(2)15(18)19)14(17)16-8-11-5-6-12(20-3)7-13(11)21-4/h5-7H,8H2,1-4H3,(H,16,17)(H,18,19). The van der Waals surface area contributed by atoms with Gasteiger partial charge in [-0.25, -0.2) is 4.79 Å². The molecule has 0 saturated heterocycles. The smallest absolute Gasteiger partial charge is 0.331 e. The van der Waals surface area contributed by atoms with Gasteiger partial charge in [0, 0.05) is 29.3 Å². The van der Waals surface area contributed by atoms with Gasteiger partial charge in [0.2, 0.25) is 5.91 Å². The minimum atomic E-state index is -1.11. The van der Waals surface area contributed by atoms with Crippen LogP contribution in [0.2, 0.25) is 0 Å². The summed E-state index contributed by atoms with van der Waals surface area (Å²) in [5.41, 5.74) is 0.969. The Labute approximate surface area is 123 Å². The van der Waals surface area contributed by atoms with E-state index < -0.39 is 11.9 Å². The van der Waals surface area contributed by atoms with Crippen LogP contribution in [0.4, 0.5) is 0 Å². The van der Waals surface area contributed by atoms with Crippen LogP contribution in [-0.2, 0) is 16.1 Å². The fourth-order valence-corrected chi connectivity index (χ4v) is 1.64. The van der Waals surface area contributed by atoms with Gasteiger partial charge in [-0.05, 0) is 26.0 Å². The molecule has 21 heavy (non-hydrogen) atoms. The highest BCUT2D eigenvalue weighted by molar-refractivity contribution is 6.01. The summed E-state index contributed by atoms with van der Waals surface area (Å²) >= 11 is 0. The number of benzene rings is 1. The molecule has 0 unspecified atom stereocenters. The number of ether oxygens (including phenoxy) is 2. The number of nitrogens with one attached hydrogen (secondary N) is 1. The number of hydrogen-bond donors (Lipinski definition) is 2. The molecule has 0 heterocycles. The van der Waals surface area contributed by atoms with Crippen molar-refractivity contribution in [2.75, 3.05) is 14.2 Å². The van der Waals surface area contributed by atoms with Crippen LogP contribution >= 0.6 is 0 Å². The molecule has 0 aliphatic heterocycles.